The Labute approximate surface area is 223 Å². The Hall–Kier alpha value is -3.37. The molecule has 2 aromatic carbocycles. The van der Waals surface area contributed by atoms with Crippen LogP contribution in [0.2, 0.25) is 10.0 Å². The Balaban J connectivity index is 1.84. The van der Waals surface area contributed by atoms with Crippen molar-refractivity contribution in [2.75, 3.05) is 33.9 Å². The number of aliphatic imine (C=N–C) groups is 1. The fourth-order valence-electron chi connectivity index (χ4n) is 3.99. The highest BCUT2D eigenvalue weighted by Crippen LogP contribution is 2.35. The van der Waals surface area contributed by atoms with Gasteiger partial charge in [-0.2, -0.15) is 0 Å². The molecule has 0 aliphatic carbocycles. The van der Waals surface area contributed by atoms with E-state index in [1.54, 1.807) is 6.92 Å². The van der Waals surface area contributed by atoms with Crippen molar-refractivity contribution in [2.45, 2.75) is 19.4 Å². The van der Waals surface area contributed by atoms with E-state index in [-0.39, 0.29) is 46.7 Å². The number of benzene rings is 2. The SMILES string of the molecule is CN=C(C1=C(N)[C@H](C)N(C(=O)c2cc(Cl)cc(OCCOC(=O)NC)c2Cl)CC1)c1cc(F)cc(F)c1. The molecule has 1 atom stereocenters. The summed E-state index contributed by atoms with van der Waals surface area (Å²) in [6.45, 7) is 1.92. The van der Waals surface area contributed by atoms with Gasteiger partial charge in [0.05, 0.1) is 22.3 Å². The molecule has 1 heterocycles. The molecular formula is C25H26Cl2F2N4O4. The predicted octanol–water partition coefficient (Wildman–Crippen LogP) is 4.57. The summed E-state index contributed by atoms with van der Waals surface area (Å²) in [5.41, 5.74) is 8.07. The van der Waals surface area contributed by atoms with Gasteiger partial charge in [-0.15, -0.1) is 0 Å². The lowest BCUT2D eigenvalue weighted by molar-refractivity contribution is 0.0706. The number of hydrogen-bond donors (Lipinski definition) is 2. The van der Waals surface area contributed by atoms with E-state index >= 15 is 0 Å². The maximum Gasteiger partial charge on any atom is 0.406 e. The van der Waals surface area contributed by atoms with Crippen molar-refractivity contribution >= 4 is 40.9 Å². The number of nitrogens with two attached hydrogens (primary N) is 1. The lowest BCUT2D eigenvalue weighted by atomic mass is 9.91. The second-order valence-corrected chi connectivity index (χ2v) is 8.90. The topological polar surface area (TPSA) is 106 Å². The molecule has 2 aromatic rings. The Bertz CT molecular complexity index is 1250. The zero-order valence-corrected chi connectivity index (χ0v) is 21.9. The number of nitrogens with zero attached hydrogens (tertiary/aromatic N) is 2. The first-order chi connectivity index (χ1) is 17.6. The van der Waals surface area contributed by atoms with Gasteiger partial charge in [0.15, 0.2) is 0 Å². The van der Waals surface area contributed by atoms with Crippen molar-refractivity contribution in [1.82, 2.24) is 10.2 Å². The molecule has 1 aliphatic heterocycles. The highest BCUT2D eigenvalue weighted by Gasteiger charge is 2.32. The average molecular weight is 555 g/mol. The molecule has 3 N–H and O–H groups in total. The molecule has 2 amide bonds. The molecule has 0 spiro atoms. The third-order valence-electron chi connectivity index (χ3n) is 5.79. The van der Waals surface area contributed by atoms with Gasteiger partial charge in [-0.25, -0.2) is 13.6 Å². The molecule has 3 rings (SSSR count). The molecule has 37 heavy (non-hydrogen) atoms. The van der Waals surface area contributed by atoms with Gasteiger partial charge in [0.2, 0.25) is 0 Å². The molecule has 198 valence electrons. The summed E-state index contributed by atoms with van der Waals surface area (Å²) in [7, 11) is 2.94. The van der Waals surface area contributed by atoms with E-state index in [2.05, 4.69) is 10.3 Å². The van der Waals surface area contributed by atoms with Crippen LogP contribution in [0.1, 0.15) is 29.3 Å². The number of carbonyl (C=O) groups excluding carboxylic acids is 2. The molecular weight excluding hydrogens is 529 g/mol. The van der Waals surface area contributed by atoms with Crippen LogP contribution in [0.15, 0.2) is 46.6 Å². The molecule has 0 radical (unpaired) electrons. The fraction of sp³-hybridized carbons (Fsp3) is 0.320. The quantitative estimate of drug-likeness (QED) is 0.385. The van der Waals surface area contributed by atoms with Crippen molar-refractivity contribution in [3.63, 3.8) is 0 Å². The standard InChI is InChI=1S/C25H26Cl2F2N4O4/c1-13-22(30)18(23(31-2)14-8-16(28)12-17(29)9-14)4-5-33(13)24(34)19-10-15(26)11-20(21(19)27)36-6-7-37-25(35)32-3/h8-13H,4-7,30H2,1-3H3,(H,32,35)/t13-/m0/s1. The van der Waals surface area contributed by atoms with Gasteiger partial charge in [-0.3, -0.25) is 9.79 Å². The third kappa shape index (κ3) is 6.50. The largest absolute Gasteiger partial charge is 0.488 e. The monoisotopic (exact) mass is 554 g/mol. The van der Waals surface area contributed by atoms with Crippen LogP contribution in [0.25, 0.3) is 0 Å². The smallest absolute Gasteiger partial charge is 0.406 e. The van der Waals surface area contributed by atoms with Gasteiger partial charge < -0.3 is 25.4 Å². The van der Waals surface area contributed by atoms with E-state index in [4.69, 9.17) is 38.4 Å². The first-order valence-electron chi connectivity index (χ1n) is 11.3. The van der Waals surface area contributed by atoms with Crippen molar-refractivity contribution < 1.29 is 27.8 Å². The summed E-state index contributed by atoms with van der Waals surface area (Å²) in [6, 6.07) is 5.44. The van der Waals surface area contributed by atoms with Gasteiger partial charge in [-0.05, 0) is 31.5 Å². The van der Waals surface area contributed by atoms with Gasteiger partial charge in [-0.1, -0.05) is 23.2 Å². The highest BCUT2D eigenvalue weighted by atomic mass is 35.5. The van der Waals surface area contributed by atoms with E-state index < -0.39 is 29.7 Å². The van der Waals surface area contributed by atoms with Crippen LogP contribution in [0, 0.1) is 11.6 Å². The van der Waals surface area contributed by atoms with Crippen LogP contribution in [0.4, 0.5) is 13.6 Å². The zero-order valence-electron chi connectivity index (χ0n) is 20.4. The van der Waals surface area contributed by atoms with Crippen LogP contribution in [0.5, 0.6) is 5.75 Å². The van der Waals surface area contributed by atoms with Gasteiger partial charge >= 0.3 is 6.09 Å². The summed E-state index contributed by atoms with van der Waals surface area (Å²) < 4.78 is 38.1. The maximum atomic E-state index is 13.8. The molecule has 0 saturated heterocycles. The third-order valence-corrected chi connectivity index (χ3v) is 6.40. The van der Waals surface area contributed by atoms with Crippen molar-refractivity contribution in [3.05, 3.63) is 74.4 Å². The van der Waals surface area contributed by atoms with Crippen molar-refractivity contribution in [2.24, 2.45) is 10.7 Å². The number of halogens is 4. The number of alkyl carbamates (subject to hydrolysis) is 1. The van der Waals surface area contributed by atoms with E-state index in [1.807, 2.05) is 0 Å². The fourth-order valence-corrected chi connectivity index (χ4v) is 4.44. The minimum absolute atomic E-state index is 0.0138. The molecule has 1 aliphatic rings. The van der Waals surface area contributed by atoms with E-state index in [1.165, 1.54) is 43.3 Å². The van der Waals surface area contributed by atoms with Crippen LogP contribution >= 0.6 is 23.2 Å². The number of carbonyl (C=O) groups is 2. The summed E-state index contributed by atoms with van der Waals surface area (Å²) >= 11 is 12.7. The Morgan fingerprint density at radius 2 is 1.84 bits per heavy atom. The Kier molecular flexibility index (Phi) is 9.34. The van der Waals surface area contributed by atoms with Gasteiger partial charge in [0, 0.05) is 54.6 Å². The summed E-state index contributed by atoms with van der Waals surface area (Å²) in [4.78, 5) is 30.4. The Morgan fingerprint density at radius 1 is 1.16 bits per heavy atom. The summed E-state index contributed by atoms with van der Waals surface area (Å²) in [5, 5.41) is 2.57. The van der Waals surface area contributed by atoms with E-state index in [0.29, 0.717) is 23.4 Å². The second-order valence-electron chi connectivity index (χ2n) is 8.09. The number of rotatable bonds is 7. The van der Waals surface area contributed by atoms with Crippen molar-refractivity contribution in [3.8, 4) is 5.75 Å². The number of ether oxygens (including phenoxy) is 2. The van der Waals surface area contributed by atoms with Gasteiger partial charge in [0.25, 0.3) is 5.91 Å². The molecule has 0 fully saturated rings. The molecule has 0 aromatic heterocycles. The Morgan fingerprint density at radius 3 is 2.46 bits per heavy atom. The first kappa shape index (κ1) is 28.2. The van der Waals surface area contributed by atoms with Gasteiger partial charge in [0.1, 0.15) is 30.6 Å². The second kappa shape index (κ2) is 12.2. The summed E-state index contributed by atoms with van der Waals surface area (Å²) in [5.74, 6) is -1.74. The average Bonchev–Trinajstić information content (AvgIpc) is 2.85. The normalized spacial score (nSPS) is 16.0. The van der Waals surface area contributed by atoms with Crippen LogP contribution in [-0.2, 0) is 4.74 Å². The summed E-state index contributed by atoms with van der Waals surface area (Å²) in [6.07, 6.45) is -0.315. The molecule has 0 bridgehead atoms. The maximum absolute atomic E-state index is 13.8. The minimum Gasteiger partial charge on any atom is -0.488 e. The van der Waals surface area contributed by atoms with E-state index in [0.717, 1.165) is 6.07 Å². The zero-order chi connectivity index (χ0) is 27.3. The number of nitrogens with one attached hydrogen (secondary N) is 1. The molecule has 0 unspecified atom stereocenters. The predicted molar refractivity (Wildman–Crippen MR) is 138 cm³/mol. The van der Waals surface area contributed by atoms with E-state index in [9.17, 15) is 18.4 Å². The molecule has 12 heteroatoms. The number of hydrogen-bond acceptors (Lipinski definition) is 6. The van der Waals surface area contributed by atoms with Crippen LogP contribution in [-0.4, -0.2) is 62.5 Å². The molecule has 8 nitrogen and oxygen atoms in total. The highest BCUT2D eigenvalue weighted by molar-refractivity contribution is 6.37. The first-order valence-corrected chi connectivity index (χ1v) is 12.0. The number of amides is 2. The van der Waals surface area contributed by atoms with Crippen LogP contribution < -0.4 is 15.8 Å². The molecule has 0 saturated carbocycles. The van der Waals surface area contributed by atoms with Crippen LogP contribution in [0.3, 0.4) is 0 Å². The lowest BCUT2D eigenvalue weighted by Crippen LogP contribution is -2.46. The minimum atomic E-state index is -0.732. The van der Waals surface area contributed by atoms with Crippen molar-refractivity contribution in [1.29, 1.82) is 0 Å². The lowest BCUT2D eigenvalue weighted by Gasteiger charge is -2.36.